The van der Waals surface area contributed by atoms with Crippen LogP contribution in [-0.2, 0) is 22.6 Å². The monoisotopic (exact) mass is 382 g/mol. The SMILES string of the molecule is CC(C)N1Cc2ccccc2CC2(CCN(C(=O)CC(F)(F)F)CC2)C1=O. The molecular weight excluding hydrogens is 357 g/mol. The Morgan fingerprint density at radius 3 is 2.30 bits per heavy atom. The van der Waals surface area contributed by atoms with E-state index in [9.17, 15) is 22.8 Å². The number of likely N-dealkylation sites (tertiary alicyclic amines) is 1. The maximum absolute atomic E-state index is 13.4. The number of alkyl halides is 3. The molecule has 0 aromatic heterocycles. The number of halogens is 3. The molecule has 3 rings (SSSR count). The van der Waals surface area contributed by atoms with Crippen molar-refractivity contribution in [1.82, 2.24) is 9.80 Å². The fourth-order valence-corrected chi connectivity index (χ4v) is 4.16. The first-order valence-corrected chi connectivity index (χ1v) is 9.34. The Balaban J connectivity index is 1.82. The lowest BCUT2D eigenvalue weighted by molar-refractivity contribution is -0.165. The van der Waals surface area contributed by atoms with Crippen LogP contribution in [0.15, 0.2) is 24.3 Å². The molecule has 2 aliphatic rings. The van der Waals surface area contributed by atoms with Gasteiger partial charge in [-0.1, -0.05) is 24.3 Å². The second-order valence-corrected chi connectivity index (χ2v) is 7.93. The Hall–Kier alpha value is -2.05. The standard InChI is InChI=1S/C20H25F3N2O2/c1-14(2)25-13-16-6-4-3-5-15(16)11-19(18(25)27)7-9-24(10-8-19)17(26)12-20(21,22)23/h3-6,14H,7-13H2,1-2H3. The Morgan fingerprint density at radius 2 is 1.74 bits per heavy atom. The van der Waals surface area contributed by atoms with Crippen LogP contribution in [0.3, 0.4) is 0 Å². The van der Waals surface area contributed by atoms with E-state index < -0.39 is 23.9 Å². The number of hydrogen-bond donors (Lipinski definition) is 0. The summed E-state index contributed by atoms with van der Waals surface area (Å²) in [6.45, 7) is 4.87. The van der Waals surface area contributed by atoms with Gasteiger partial charge in [-0.15, -0.1) is 0 Å². The zero-order valence-corrected chi connectivity index (χ0v) is 15.7. The summed E-state index contributed by atoms with van der Waals surface area (Å²) >= 11 is 0. The molecule has 1 saturated heterocycles. The second kappa shape index (κ2) is 7.17. The molecular formula is C20H25F3N2O2. The summed E-state index contributed by atoms with van der Waals surface area (Å²) in [5.74, 6) is -0.851. The number of piperidine rings is 1. The van der Waals surface area contributed by atoms with Crippen LogP contribution in [0, 0.1) is 5.41 Å². The third kappa shape index (κ3) is 4.12. The fourth-order valence-electron chi connectivity index (χ4n) is 4.16. The highest BCUT2D eigenvalue weighted by molar-refractivity contribution is 5.85. The number of hydrogen-bond acceptors (Lipinski definition) is 2. The minimum Gasteiger partial charge on any atom is -0.342 e. The molecule has 1 aromatic carbocycles. The molecule has 148 valence electrons. The first-order chi connectivity index (χ1) is 12.6. The summed E-state index contributed by atoms with van der Waals surface area (Å²) in [5, 5.41) is 0. The van der Waals surface area contributed by atoms with Gasteiger partial charge in [0.15, 0.2) is 0 Å². The van der Waals surface area contributed by atoms with Gasteiger partial charge >= 0.3 is 6.18 Å². The van der Waals surface area contributed by atoms with Crippen molar-refractivity contribution < 1.29 is 22.8 Å². The van der Waals surface area contributed by atoms with Gasteiger partial charge in [-0.2, -0.15) is 13.2 Å². The smallest absolute Gasteiger partial charge is 0.342 e. The molecule has 4 nitrogen and oxygen atoms in total. The summed E-state index contributed by atoms with van der Waals surface area (Å²) in [6.07, 6.45) is -4.57. The number of rotatable bonds is 2. The van der Waals surface area contributed by atoms with Gasteiger partial charge in [0.2, 0.25) is 11.8 Å². The Bertz CT molecular complexity index is 722. The van der Waals surface area contributed by atoms with E-state index in [2.05, 4.69) is 0 Å². The predicted octanol–water partition coefficient (Wildman–Crippen LogP) is 3.54. The van der Waals surface area contributed by atoms with Crippen molar-refractivity contribution in [3.05, 3.63) is 35.4 Å². The van der Waals surface area contributed by atoms with Crippen LogP contribution in [0.2, 0.25) is 0 Å². The number of benzene rings is 1. The minimum atomic E-state index is -4.50. The van der Waals surface area contributed by atoms with Gasteiger partial charge in [-0.3, -0.25) is 9.59 Å². The van der Waals surface area contributed by atoms with Crippen LogP contribution in [0.1, 0.15) is 44.2 Å². The first-order valence-electron chi connectivity index (χ1n) is 9.34. The van der Waals surface area contributed by atoms with E-state index >= 15 is 0 Å². The van der Waals surface area contributed by atoms with Gasteiger partial charge < -0.3 is 9.80 Å². The zero-order valence-electron chi connectivity index (χ0n) is 15.7. The third-order valence-electron chi connectivity index (χ3n) is 5.75. The molecule has 1 spiro atoms. The quantitative estimate of drug-likeness (QED) is 0.785. The number of nitrogens with zero attached hydrogens (tertiary/aromatic N) is 2. The number of amides is 2. The number of fused-ring (bicyclic) bond motifs is 1. The maximum atomic E-state index is 13.4. The topological polar surface area (TPSA) is 40.6 Å². The molecule has 0 unspecified atom stereocenters. The molecule has 27 heavy (non-hydrogen) atoms. The largest absolute Gasteiger partial charge is 0.397 e. The van der Waals surface area contributed by atoms with Crippen LogP contribution in [0.25, 0.3) is 0 Å². The summed E-state index contributed by atoms with van der Waals surface area (Å²) < 4.78 is 37.6. The molecule has 0 bridgehead atoms. The van der Waals surface area contributed by atoms with E-state index in [4.69, 9.17) is 0 Å². The van der Waals surface area contributed by atoms with E-state index in [1.54, 1.807) is 0 Å². The van der Waals surface area contributed by atoms with Crippen molar-refractivity contribution in [2.45, 2.75) is 58.3 Å². The number of carbonyl (C=O) groups is 2. The molecule has 2 aliphatic heterocycles. The Kier molecular flexibility index (Phi) is 5.23. The number of carbonyl (C=O) groups excluding carboxylic acids is 2. The molecule has 2 amide bonds. The second-order valence-electron chi connectivity index (χ2n) is 7.93. The van der Waals surface area contributed by atoms with Crippen LogP contribution in [0.4, 0.5) is 13.2 Å². The van der Waals surface area contributed by atoms with Crippen LogP contribution in [0.5, 0.6) is 0 Å². The van der Waals surface area contributed by atoms with Crippen molar-refractivity contribution in [3.8, 4) is 0 Å². The minimum absolute atomic E-state index is 0.0328. The Labute approximate surface area is 157 Å². The highest BCUT2D eigenvalue weighted by atomic mass is 19.4. The normalized spacial score (nSPS) is 20.0. The summed E-state index contributed by atoms with van der Waals surface area (Å²) in [5.41, 5.74) is 1.59. The molecule has 2 heterocycles. The highest BCUT2D eigenvalue weighted by Crippen LogP contribution is 2.41. The van der Waals surface area contributed by atoms with Gasteiger partial charge in [-0.05, 0) is 44.2 Å². The average molecular weight is 382 g/mol. The lowest BCUT2D eigenvalue weighted by Gasteiger charge is -2.43. The van der Waals surface area contributed by atoms with Crippen LogP contribution in [-0.4, -0.2) is 46.9 Å². The first kappa shape index (κ1) is 19.7. The van der Waals surface area contributed by atoms with E-state index in [0.717, 1.165) is 11.1 Å². The molecule has 1 aromatic rings. The maximum Gasteiger partial charge on any atom is 0.397 e. The molecule has 0 aliphatic carbocycles. The van der Waals surface area contributed by atoms with Crippen molar-refractivity contribution in [2.24, 2.45) is 5.41 Å². The molecule has 1 fully saturated rings. The predicted molar refractivity (Wildman–Crippen MR) is 94.8 cm³/mol. The summed E-state index contributed by atoms with van der Waals surface area (Å²) in [4.78, 5) is 28.4. The molecule has 0 N–H and O–H groups in total. The van der Waals surface area contributed by atoms with Crippen LogP contribution >= 0.6 is 0 Å². The highest BCUT2D eigenvalue weighted by Gasteiger charge is 2.47. The third-order valence-corrected chi connectivity index (χ3v) is 5.75. The lowest BCUT2D eigenvalue weighted by Crippen LogP contribution is -2.52. The summed E-state index contributed by atoms with van der Waals surface area (Å²) in [6, 6.07) is 7.99. The lowest BCUT2D eigenvalue weighted by atomic mass is 9.72. The summed E-state index contributed by atoms with van der Waals surface area (Å²) in [7, 11) is 0. The Morgan fingerprint density at radius 1 is 1.15 bits per heavy atom. The van der Waals surface area contributed by atoms with Gasteiger partial charge in [0.1, 0.15) is 6.42 Å². The van der Waals surface area contributed by atoms with Crippen LogP contribution < -0.4 is 0 Å². The molecule has 7 heteroatoms. The van der Waals surface area contributed by atoms with Gasteiger partial charge in [-0.25, -0.2) is 0 Å². The molecule has 0 saturated carbocycles. The van der Waals surface area contributed by atoms with E-state index in [-0.39, 0.29) is 25.0 Å². The van der Waals surface area contributed by atoms with Crippen molar-refractivity contribution in [2.75, 3.05) is 13.1 Å². The van der Waals surface area contributed by atoms with Crippen molar-refractivity contribution >= 4 is 11.8 Å². The van der Waals surface area contributed by atoms with Gasteiger partial charge in [0, 0.05) is 25.7 Å². The average Bonchev–Trinajstić information content (AvgIpc) is 2.70. The van der Waals surface area contributed by atoms with E-state index in [1.165, 1.54) is 4.90 Å². The van der Waals surface area contributed by atoms with Gasteiger partial charge in [0.25, 0.3) is 0 Å². The molecule has 0 radical (unpaired) electrons. The molecule has 0 atom stereocenters. The van der Waals surface area contributed by atoms with Gasteiger partial charge in [0.05, 0.1) is 5.41 Å². The van der Waals surface area contributed by atoms with Crippen molar-refractivity contribution in [3.63, 3.8) is 0 Å². The van der Waals surface area contributed by atoms with Crippen molar-refractivity contribution in [1.29, 1.82) is 0 Å². The zero-order chi connectivity index (χ0) is 19.8. The van der Waals surface area contributed by atoms with E-state index in [1.807, 2.05) is 43.0 Å². The van der Waals surface area contributed by atoms with E-state index in [0.29, 0.717) is 25.8 Å². The fraction of sp³-hybridized carbons (Fsp3) is 0.600.